The van der Waals surface area contributed by atoms with Crippen molar-refractivity contribution in [3.63, 3.8) is 0 Å². The Bertz CT molecular complexity index is 1100. The zero-order chi connectivity index (χ0) is 28.9. The molecule has 4 fully saturated rings. The van der Waals surface area contributed by atoms with Gasteiger partial charge in [0.15, 0.2) is 0 Å². The Morgan fingerprint density at radius 3 is 2.17 bits per heavy atom. The van der Waals surface area contributed by atoms with Crippen LogP contribution in [0.1, 0.15) is 82.8 Å². The van der Waals surface area contributed by atoms with Crippen LogP contribution in [0, 0.1) is 0 Å². The Kier molecular flexibility index (Phi) is 7.87. The number of halogens is 4. The number of likely N-dealkylation sites (tertiary alicyclic amines) is 3. The molecule has 0 aromatic heterocycles. The average Bonchev–Trinajstić information content (AvgIpc) is 3.54. The molecular formula is C30H42F4N4O2. The summed E-state index contributed by atoms with van der Waals surface area (Å²) in [7, 11) is 0. The molecule has 2 amide bonds. The molecule has 0 spiro atoms. The number of carbonyl (C=O) groups excluding carboxylic acids is 2. The molecule has 40 heavy (non-hydrogen) atoms. The highest BCUT2D eigenvalue weighted by Gasteiger charge is 2.50. The molecule has 5 rings (SSSR count). The molecule has 0 bridgehead atoms. The molecular weight excluding hydrogens is 524 g/mol. The molecule has 1 atom stereocenters. The van der Waals surface area contributed by atoms with E-state index in [1.165, 1.54) is 6.07 Å². The van der Waals surface area contributed by atoms with Gasteiger partial charge in [-0.1, -0.05) is 6.07 Å². The molecule has 6 nitrogen and oxygen atoms in total. The lowest BCUT2D eigenvalue weighted by molar-refractivity contribution is -0.144. The molecule has 0 saturated carbocycles. The van der Waals surface area contributed by atoms with Crippen molar-refractivity contribution in [1.82, 2.24) is 14.7 Å². The quantitative estimate of drug-likeness (QED) is 0.470. The van der Waals surface area contributed by atoms with E-state index in [1.807, 2.05) is 35.5 Å². The van der Waals surface area contributed by atoms with E-state index in [9.17, 15) is 22.8 Å². The van der Waals surface area contributed by atoms with Crippen molar-refractivity contribution in [2.24, 2.45) is 0 Å². The first kappa shape index (κ1) is 29.1. The van der Waals surface area contributed by atoms with Crippen LogP contribution in [0.25, 0.3) is 0 Å². The molecule has 4 heterocycles. The molecule has 4 saturated heterocycles. The molecule has 1 aromatic carbocycles. The summed E-state index contributed by atoms with van der Waals surface area (Å²) in [5, 5.41) is 0. The van der Waals surface area contributed by atoms with Crippen molar-refractivity contribution in [3.8, 4) is 0 Å². The fourth-order valence-corrected chi connectivity index (χ4v) is 7.01. The van der Waals surface area contributed by atoms with Gasteiger partial charge in [-0.2, -0.15) is 13.2 Å². The van der Waals surface area contributed by atoms with E-state index in [4.69, 9.17) is 0 Å². The van der Waals surface area contributed by atoms with Gasteiger partial charge in [0.25, 0.3) is 5.91 Å². The molecule has 0 unspecified atom stereocenters. The lowest BCUT2D eigenvalue weighted by Crippen LogP contribution is -2.51. The lowest BCUT2D eigenvalue weighted by atomic mass is 9.86. The van der Waals surface area contributed by atoms with Crippen molar-refractivity contribution < 1.29 is 27.2 Å². The summed E-state index contributed by atoms with van der Waals surface area (Å²) in [5.41, 5.74) is -1.30. The molecule has 4 aliphatic rings. The third-order valence-electron chi connectivity index (χ3n) is 9.49. The van der Waals surface area contributed by atoms with Crippen LogP contribution in [-0.2, 0) is 15.8 Å². The van der Waals surface area contributed by atoms with E-state index in [2.05, 4.69) is 0 Å². The van der Waals surface area contributed by atoms with Crippen LogP contribution in [0.3, 0.4) is 0 Å². The fraction of sp³-hybridized carbons (Fsp3) is 0.733. The summed E-state index contributed by atoms with van der Waals surface area (Å²) in [5.74, 6) is -0.286. The largest absolute Gasteiger partial charge is 0.416 e. The molecule has 0 N–H and O–H groups in total. The summed E-state index contributed by atoms with van der Waals surface area (Å²) in [4.78, 5) is 33.1. The van der Waals surface area contributed by atoms with Crippen LogP contribution in [0.15, 0.2) is 18.2 Å². The van der Waals surface area contributed by atoms with Gasteiger partial charge in [0, 0.05) is 75.9 Å². The summed E-state index contributed by atoms with van der Waals surface area (Å²) >= 11 is 0. The van der Waals surface area contributed by atoms with Gasteiger partial charge in [0.2, 0.25) is 11.6 Å². The Morgan fingerprint density at radius 2 is 1.62 bits per heavy atom. The van der Waals surface area contributed by atoms with E-state index in [-0.39, 0.29) is 36.4 Å². The van der Waals surface area contributed by atoms with Gasteiger partial charge in [0.05, 0.1) is 5.56 Å². The topological polar surface area (TPSA) is 47.1 Å². The molecule has 222 valence electrons. The number of benzene rings is 1. The Morgan fingerprint density at radius 1 is 0.950 bits per heavy atom. The summed E-state index contributed by atoms with van der Waals surface area (Å²) in [6, 6.07) is 4.17. The Labute approximate surface area is 234 Å². The minimum atomic E-state index is -4.44. The maximum atomic E-state index is 15.8. The second-order valence-electron chi connectivity index (χ2n) is 13.1. The van der Waals surface area contributed by atoms with E-state index >= 15 is 4.39 Å². The minimum Gasteiger partial charge on any atom is -0.371 e. The van der Waals surface area contributed by atoms with Crippen molar-refractivity contribution in [3.05, 3.63) is 29.3 Å². The number of amides is 2. The van der Waals surface area contributed by atoms with Crippen molar-refractivity contribution in [2.45, 2.75) is 95.1 Å². The maximum absolute atomic E-state index is 15.8. The standard InChI is InChI=1S/C30H42F4N4O2/c1-28(2,3)37-18-12-29(31,20-37)27(40)36-14-8-21(9-15-36)24-7-6-22(30(32,33)34)19-25(24)35-16-10-23(11-17-35)38-13-4-5-26(38)39/h6-7,19,21,23H,4-5,8-18,20H2,1-3H3/t29-/m1/s1. The summed E-state index contributed by atoms with van der Waals surface area (Å²) in [6.07, 6.45) is -0.166. The summed E-state index contributed by atoms with van der Waals surface area (Å²) in [6.45, 7) is 9.43. The van der Waals surface area contributed by atoms with E-state index in [1.54, 1.807) is 11.0 Å². The SMILES string of the molecule is CC(C)(C)N1CC[C@](F)(C(=O)N2CCC(c3ccc(C(F)(F)F)cc3N3CCC(N4CCCC4=O)CC3)CC2)C1. The smallest absolute Gasteiger partial charge is 0.371 e. The Balaban J connectivity index is 1.28. The van der Waals surface area contributed by atoms with Gasteiger partial charge in [-0.05, 0) is 76.5 Å². The molecule has 0 aliphatic carbocycles. The third-order valence-corrected chi connectivity index (χ3v) is 9.49. The number of carbonyl (C=O) groups is 2. The van der Waals surface area contributed by atoms with E-state index in [0.717, 1.165) is 37.4 Å². The van der Waals surface area contributed by atoms with Crippen LogP contribution >= 0.6 is 0 Å². The van der Waals surface area contributed by atoms with Crippen LogP contribution in [0.5, 0.6) is 0 Å². The normalized spacial score (nSPS) is 26.3. The van der Waals surface area contributed by atoms with Crippen molar-refractivity contribution in [1.29, 1.82) is 0 Å². The first-order valence-corrected chi connectivity index (χ1v) is 14.8. The maximum Gasteiger partial charge on any atom is 0.416 e. The van der Waals surface area contributed by atoms with E-state index < -0.39 is 23.3 Å². The van der Waals surface area contributed by atoms with Gasteiger partial charge in [-0.3, -0.25) is 14.5 Å². The molecule has 4 aliphatic heterocycles. The number of nitrogens with zero attached hydrogens (tertiary/aromatic N) is 4. The Hall–Kier alpha value is -2.36. The van der Waals surface area contributed by atoms with Crippen LogP contribution in [0.2, 0.25) is 0 Å². The van der Waals surface area contributed by atoms with Gasteiger partial charge in [-0.15, -0.1) is 0 Å². The first-order valence-electron chi connectivity index (χ1n) is 14.8. The zero-order valence-electron chi connectivity index (χ0n) is 23.9. The second-order valence-corrected chi connectivity index (χ2v) is 13.1. The monoisotopic (exact) mass is 566 g/mol. The van der Waals surface area contributed by atoms with Gasteiger partial charge < -0.3 is 14.7 Å². The first-order chi connectivity index (χ1) is 18.8. The second kappa shape index (κ2) is 10.8. The predicted octanol–water partition coefficient (Wildman–Crippen LogP) is 5.22. The van der Waals surface area contributed by atoms with Crippen molar-refractivity contribution >= 4 is 17.5 Å². The van der Waals surface area contributed by atoms with Crippen molar-refractivity contribution in [2.75, 3.05) is 50.7 Å². The van der Waals surface area contributed by atoms with E-state index in [0.29, 0.717) is 57.7 Å². The van der Waals surface area contributed by atoms with Crippen LogP contribution in [-0.4, -0.2) is 89.6 Å². The minimum absolute atomic E-state index is 0.00979. The number of piperidine rings is 2. The lowest BCUT2D eigenvalue weighted by Gasteiger charge is -2.40. The number of hydrogen-bond donors (Lipinski definition) is 0. The fourth-order valence-electron chi connectivity index (χ4n) is 7.01. The van der Waals surface area contributed by atoms with Crippen LogP contribution in [0.4, 0.5) is 23.2 Å². The predicted molar refractivity (Wildman–Crippen MR) is 146 cm³/mol. The average molecular weight is 567 g/mol. The number of alkyl halides is 4. The molecule has 1 aromatic rings. The van der Waals surface area contributed by atoms with Crippen LogP contribution < -0.4 is 4.90 Å². The molecule has 10 heteroatoms. The number of anilines is 1. The third kappa shape index (κ3) is 5.83. The van der Waals surface area contributed by atoms with Gasteiger partial charge in [-0.25, -0.2) is 4.39 Å². The zero-order valence-corrected chi connectivity index (χ0v) is 23.9. The highest BCUT2D eigenvalue weighted by atomic mass is 19.4. The summed E-state index contributed by atoms with van der Waals surface area (Å²) < 4.78 is 56.8. The highest BCUT2D eigenvalue weighted by molar-refractivity contribution is 5.86. The number of hydrogen-bond acceptors (Lipinski definition) is 4. The highest BCUT2D eigenvalue weighted by Crippen LogP contribution is 2.41. The van der Waals surface area contributed by atoms with Gasteiger partial charge in [0.1, 0.15) is 0 Å². The van der Waals surface area contributed by atoms with Gasteiger partial charge >= 0.3 is 6.18 Å². The molecule has 0 radical (unpaired) electrons. The number of rotatable bonds is 4.